The van der Waals surface area contributed by atoms with Crippen LogP contribution in [0.2, 0.25) is 0 Å². The Morgan fingerprint density at radius 3 is 2.71 bits per heavy atom. The number of thiazole rings is 1. The van der Waals surface area contributed by atoms with E-state index >= 15 is 0 Å². The van der Waals surface area contributed by atoms with Gasteiger partial charge in [-0.25, -0.2) is 4.98 Å². The van der Waals surface area contributed by atoms with E-state index in [1.54, 1.807) is 6.07 Å². The van der Waals surface area contributed by atoms with E-state index in [1.807, 2.05) is 0 Å². The average molecular weight is 216 g/mol. The quantitative estimate of drug-likeness (QED) is 0.624. The molecule has 0 aliphatic heterocycles. The second-order valence-electron chi connectivity index (χ2n) is 2.17. The molecule has 0 aromatic carbocycles. The maximum absolute atomic E-state index is 12.0. The molecule has 0 aliphatic rings. The van der Waals surface area contributed by atoms with Crippen LogP contribution in [-0.2, 0) is 6.18 Å². The zero-order valence-electron chi connectivity index (χ0n) is 6.72. The minimum atomic E-state index is -4.42. The third-order valence-corrected chi connectivity index (χ3v) is 1.92. The fourth-order valence-corrected chi connectivity index (χ4v) is 1.31. The molecule has 1 aromatic rings. The monoisotopic (exact) mass is 216 g/mol. The van der Waals surface area contributed by atoms with Crippen molar-refractivity contribution in [3.05, 3.63) is 16.1 Å². The Morgan fingerprint density at radius 2 is 2.21 bits per heavy atom. The van der Waals surface area contributed by atoms with E-state index in [-0.39, 0.29) is 11.4 Å². The second kappa shape index (κ2) is 4.12. The molecule has 0 atom stereocenters. The molecule has 1 aromatic heterocycles. The molecule has 0 saturated carbocycles. The lowest BCUT2D eigenvalue weighted by Crippen LogP contribution is -2.04. The molecule has 0 bridgehead atoms. The van der Waals surface area contributed by atoms with Gasteiger partial charge in [0.25, 0.3) is 0 Å². The summed E-state index contributed by atoms with van der Waals surface area (Å²) in [7, 11) is 0. The predicted molar refractivity (Wildman–Crippen MR) is 44.2 cm³/mol. The lowest BCUT2D eigenvalue weighted by molar-refractivity contribution is -0.140. The Hall–Kier alpha value is -1.53. The lowest BCUT2D eigenvalue weighted by Gasteiger charge is -1.98. The summed E-state index contributed by atoms with van der Waals surface area (Å²) in [5.74, 6) is 4.76. The number of rotatable bonds is 0. The highest BCUT2D eigenvalue weighted by Crippen LogP contribution is 2.29. The molecule has 72 valence electrons. The van der Waals surface area contributed by atoms with Crippen LogP contribution in [0.5, 0.6) is 0 Å². The van der Waals surface area contributed by atoms with Crippen molar-refractivity contribution in [1.82, 2.24) is 4.98 Å². The molecule has 0 aliphatic carbocycles. The summed E-state index contributed by atoms with van der Waals surface area (Å²) in [6, 6.07) is 1.76. The van der Waals surface area contributed by atoms with Gasteiger partial charge in [0.05, 0.1) is 12.5 Å². The molecule has 0 fully saturated rings. The maximum atomic E-state index is 12.0. The molecule has 0 radical (unpaired) electrons. The van der Waals surface area contributed by atoms with Crippen molar-refractivity contribution in [2.24, 2.45) is 0 Å². The molecule has 2 nitrogen and oxygen atoms in total. The minimum Gasteiger partial charge on any atom is -0.223 e. The minimum absolute atomic E-state index is 0.0130. The van der Waals surface area contributed by atoms with Gasteiger partial charge >= 0.3 is 6.18 Å². The van der Waals surface area contributed by atoms with Crippen LogP contribution in [0.1, 0.15) is 17.1 Å². The molecule has 0 unspecified atom stereocenters. The van der Waals surface area contributed by atoms with Gasteiger partial charge in [0.1, 0.15) is 0 Å². The zero-order chi connectivity index (χ0) is 10.6. The van der Waals surface area contributed by atoms with Crippen molar-refractivity contribution >= 4 is 11.3 Å². The molecule has 1 heterocycles. The van der Waals surface area contributed by atoms with Gasteiger partial charge in [-0.1, -0.05) is 5.92 Å². The standard InChI is InChI=1S/C8H3F3N2S/c9-8(10,11)6-5-14-7(13-6)3-1-2-4-12/h5H,2H2. The van der Waals surface area contributed by atoms with Crippen LogP contribution in [0.3, 0.4) is 0 Å². The summed E-state index contributed by atoms with van der Waals surface area (Å²) < 4.78 is 36.1. The molecule has 0 spiro atoms. The Kier molecular flexibility index (Phi) is 3.10. The molecule has 0 amide bonds. The van der Waals surface area contributed by atoms with E-state index in [1.165, 1.54) is 0 Å². The van der Waals surface area contributed by atoms with Crippen LogP contribution in [0.4, 0.5) is 13.2 Å². The van der Waals surface area contributed by atoms with Crippen molar-refractivity contribution in [2.45, 2.75) is 12.6 Å². The lowest BCUT2D eigenvalue weighted by atomic mass is 10.4. The zero-order valence-corrected chi connectivity index (χ0v) is 7.54. The molecule has 14 heavy (non-hydrogen) atoms. The molecular weight excluding hydrogens is 213 g/mol. The van der Waals surface area contributed by atoms with Crippen molar-refractivity contribution in [2.75, 3.05) is 0 Å². The fraction of sp³-hybridized carbons (Fsp3) is 0.250. The molecule has 0 saturated heterocycles. The highest BCUT2D eigenvalue weighted by atomic mass is 32.1. The third-order valence-electron chi connectivity index (χ3n) is 1.16. The molecule has 6 heteroatoms. The van der Waals surface area contributed by atoms with Gasteiger partial charge in [-0.15, -0.1) is 11.3 Å². The van der Waals surface area contributed by atoms with Crippen molar-refractivity contribution in [3.63, 3.8) is 0 Å². The highest BCUT2D eigenvalue weighted by molar-refractivity contribution is 7.10. The Bertz CT molecular complexity index is 416. The van der Waals surface area contributed by atoms with Crippen molar-refractivity contribution in [3.8, 4) is 17.9 Å². The summed E-state index contributed by atoms with van der Waals surface area (Å²) in [5, 5.41) is 9.10. The SMILES string of the molecule is N#CCC#Cc1nc(C(F)(F)F)cs1. The first-order valence-corrected chi connectivity index (χ1v) is 4.30. The van der Waals surface area contributed by atoms with E-state index in [0.29, 0.717) is 0 Å². The smallest absolute Gasteiger partial charge is 0.223 e. The van der Waals surface area contributed by atoms with Crippen LogP contribution in [-0.4, -0.2) is 4.98 Å². The van der Waals surface area contributed by atoms with Gasteiger partial charge in [0, 0.05) is 5.38 Å². The fourth-order valence-electron chi connectivity index (χ4n) is 0.621. The van der Waals surface area contributed by atoms with Gasteiger partial charge in [0.15, 0.2) is 10.7 Å². The number of nitriles is 1. The Balaban J connectivity index is 2.82. The summed E-state index contributed by atoms with van der Waals surface area (Å²) in [6.07, 6.45) is -4.44. The van der Waals surface area contributed by atoms with Crippen LogP contribution < -0.4 is 0 Å². The van der Waals surface area contributed by atoms with Crippen LogP contribution in [0.25, 0.3) is 0 Å². The highest BCUT2D eigenvalue weighted by Gasteiger charge is 2.33. The summed E-state index contributed by atoms with van der Waals surface area (Å²) >= 11 is 0.813. The summed E-state index contributed by atoms with van der Waals surface area (Å²) in [5.41, 5.74) is -0.941. The van der Waals surface area contributed by atoms with Crippen LogP contribution in [0, 0.1) is 23.2 Å². The van der Waals surface area contributed by atoms with E-state index in [4.69, 9.17) is 5.26 Å². The second-order valence-corrected chi connectivity index (χ2v) is 3.03. The number of nitrogens with zero attached hydrogens (tertiary/aromatic N) is 2. The summed E-state index contributed by atoms with van der Waals surface area (Å²) in [6.45, 7) is 0. The first-order valence-electron chi connectivity index (χ1n) is 3.42. The molecule has 0 N–H and O–H groups in total. The average Bonchev–Trinajstić information content (AvgIpc) is 2.52. The van der Waals surface area contributed by atoms with Gasteiger partial charge in [-0.05, 0) is 5.92 Å². The number of aromatic nitrogens is 1. The molecular formula is C8H3F3N2S. The Labute approximate surface area is 82.0 Å². The van der Waals surface area contributed by atoms with Crippen molar-refractivity contribution < 1.29 is 13.2 Å². The number of halogens is 3. The predicted octanol–water partition coefficient (Wildman–Crippen LogP) is 2.43. The van der Waals surface area contributed by atoms with Gasteiger partial charge in [-0.3, -0.25) is 0 Å². The van der Waals surface area contributed by atoms with E-state index in [0.717, 1.165) is 16.7 Å². The summed E-state index contributed by atoms with van der Waals surface area (Å²) in [4.78, 5) is 3.26. The molecule has 1 rings (SSSR count). The van der Waals surface area contributed by atoms with E-state index < -0.39 is 11.9 Å². The largest absolute Gasteiger partial charge is 0.434 e. The van der Waals surface area contributed by atoms with E-state index in [2.05, 4.69) is 16.8 Å². The van der Waals surface area contributed by atoms with Gasteiger partial charge in [-0.2, -0.15) is 18.4 Å². The first kappa shape index (κ1) is 10.6. The number of alkyl halides is 3. The van der Waals surface area contributed by atoms with Crippen molar-refractivity contribution in [1.29, 1.82) is 5.26 Å². The van der Waals surface area contributed by atoms with Gasteiger partial charge < -0.3 is 0 Å². The maximum Gasteiger partial charge on any atom is 0.434 e. The van der Waals surface area contributed by atoms with Crippen LogP contribution in [0.15, 0.2) is 5.38 Å². The first-order chi connectivity index (χ1) is 6.54. The third kappa shape index (κ3) is 2.75. The van der Waals surface area contributed by atoms with E-state index in [9.17, 15) is 13.2 Å². The van der Waals surface area contributed by atoms with Gasteiger partial charge in [0.2, 0.25) is 0 Å². The topological polar surface area (TPSA) is 36.7 Å². The number of hydrogen-bond acceptors (Lipinski definition) is 3. The Morgan fingerprint density at radius 1 is 1.50 bits per heavy atom. The van der Waals surface area contributed by atoms with Crippen LogP contribution >= 0.6 is 11.3 Å². The number of hydrogen-bond donors (Lipinski definition) is 0. The normalized spacial score (nSPS) is 10.1.